The van der Waals surface area contributed by atoms with E-state index in [-0.39, 0.29) is 5.91 Å². The van der Waals surface area contributed by atoms with Crippen molar-refractivity contribution in [2.24, 2.45) is 0 Å². The third-order valence-corrected chi connectivity index (χ3v) is 7.28. The number of hydrogen-bond donors (Lipinski definition) is 1. The lowest BCUT2D eigenvalue weighted by molar-refractivity contribution is -0.121. The van der Waals surface area contributed by atoms with Gasteiger partial charge in [0.25, 0.3) is 0 Å². The van der Waals surface area contributed by atoms with E-state index in [9.17, 15) is 10.1 Å². The second kappa shape index (κ2) is 10.5. The van der Waals surface area contributed by atoms with Crippen LogP contribution in [0.15, 0.2) is 53.7 Å². The molecule has 1 heterocycles. The minimum Gasteiger partial charge on any atom is -0.497 e. The van der Waals surface area contributed by atoms with Gasteiger partial charge < -0.3 is 10.1 Å². The third-order valence-electron chi connectivity index (χ3n) is 5.98. The molecule has 4 rings (SSSR count). The third kappa shape index (κ3) is 5.21. The molecule has 1 N–H and O–H groups in total. The van der Waals surface area contributed by atoms with Crippen molar-refractivity contribution in [3.8, 4) is 28.9 Å². The topological polar surface area (TPSA) is 92.8 Å². The summed E-state index contributed by atoms with van der Waals surface area (Å²) in [7, 11) is 1.62. The molecule has 1 aromatic heterocycles. The lowest BCUT2D eigenvalue weighted by atomic mass is 9.83. The zero-order valence-electron chi connectivity index (χ0n) is 19.1. The number of carbonyl (C=O) groups is 1. The van der Waals surface area contributed by atoms with E-state index >= 15 is 0 Å². The van der Waals surface area contributed by atoms with E-state index in [2.05, 4.69) is 21.6 Å². The maximum absolute atomic E-state index is 13.1. The molecular formula is C25H26ClN5O2S. The van der Waals surface area contributed by atoms with Crippen LogP contribution in [0.3, 0.4) is 0 Å². The van der Waals surface area contributed by atoms with Crippen LogP contribution in [0.25, 0.3) is 17.1 Å². The molecule has 0 bridgehead atoms. The Bertz CT molecular complexity index is 1200. The molecule has 1 aliphatic rings. The lowest BCUT2D eigenvalue weighted by Crippen LogP contribution is -2.50. The molecule has 1 fully saturated rings. The lowest BCUT2D eigenvalue weighted by Gasteiger charge is -2.32. The Morgan fingerprint density at radius 1 is 1.21 bits per heavy atom. The molecule has 176 valence electrons. The van der Waals surface area contributed by atoms with Gasteiger partial charge in [-0.2, -0.15) is 5.26 Å². The maximum Gasteiger partial charge on any atom is 0.234 e. The van der Waals surface area contributed by atoms with Crippen LogP contribution in [-0.2, 0) is 4.79 Å². The summed E-state index contributed by atoms with van der Waals surface area (Å²) in [5.41, 5.74) is 0.874. The number of carbonyl (C=O) groups excluding carboxylic acids is 1. The zero-order chi connectivity index (χ0) is 24.1. The highest BCUT2D eigenvalue weighted by Gasteiger charge is 2.35. The van der Waals surface area contributed by atoms with Crippen molar-refractivity contribution in [2.75, 3.05) is 7.11 Å². The van der Waals surface area contributed by atoms with Crippen molar-refractivity contribution in [3.63, 3.8) is 0 Å². The van der Waals surface area contributed by atoms with Crippen molar-refractivity contribution >= 4 is 29.3 Å². The van der Waals surface area contributed by atoms with E-state index in [0.717, 1.165) is 30.5 Å². The number of ether oxygens (including phenoxy) is 1. The number of nitrogens with zero attached hydrogens (tertiary/aromatic N) is 4. The van der Waals surface area contributed by atoms with Gasteiger partial charge in [-0.25, -0.2) is 0 Å². The Morgan fingerprint density at radius 3 is 2.62 bits per heavy atom. The van der Waals surface area contributed by atoms with Crippen molar-refractivity contribution in [3.05, 3.63) is 53.6 Å². The van der Waals surface area contributed by atoms with Gasteiger partial charge in [-0.1, -0.05) is 54.8 Å². The average Bonchev–Trinajstić information content (AvgIpc) is 3.28. The van der Waals surface area contributed by atoms with Gasteiger partial charge in [0.15, 0.2) is 11.0 Å². The van der Waals surface area contributed by atoms with Crippen molar-refractivity contribution < 1.29 is 9.53 Å². The molecule has 34 heavy (non-hydrogen) atoms. The first-order valence-corrected chi connectivity index (χ1v) is 12.5. The predicted molar refractivity (Wildman–Crippen MR) is 133 cm³/mol. The number of nitrogens with one attached hydrogen (secondary N) is 1. The molecule has 0 radical (unpaired) electrons. The molecule has 1 saturated carbocycles. The normalized spacial score (nSPS) is 15.8. The molecule has 0 aliphatic heterocycles. The fraction of sp³-hybridized carbons (Fsp3) is 0.360. The highest BCUT2D eigenvalue weighted by Crippen LogP contribution is 2.33. The van der Waals surface area contributed by atoms with E-state index in [1.807, 2.05) is 47.9 Å². The standard InChI is InChI=1S/C25H26ClN5O2S/c1-17(23(32)28-25(16-27)13-4-3-5-14-25)34-24-30-29-22(18-7-6-8-21(15-18)33-2)31(24)20-11-9-19(26)10-12-20/h6-12,15,17H,3-5,13-14H2,1-2H3,(H,28,32). The monoisotopic (exact) mass is 495 g/mol. The minimum atomic E-state index is -0.778. The molecule has 2 aromatic carbocycles. The highest BCUT2D eigenvalue weighted by molar-refractivity contribution is 8.00. The van der Waals surface area contributed by atoms with Crippen molar-refractivity contribution in [2.45, 2.75) is 55.0 Å². The summed E-state index contributed by atoms with van der Waals surface area (Å²) < 4.78 is 7.28. The van der Waals surface area contributed by atoms with Crippen LogP contribution in [0.2, 0.25) is 5.02 Å². The average molecular weight is 496 g/mol. The number of benzene rings is 2. The van der Waals surface area contributed by atoms with Gasteiger partial charge in [0.1, 0.15) is 11.3 Å². The van der Waals surface area contributed by atoms with Crippen LogP contribution in [0, 0.1) is 11.3 Å². The van der Waals surface area contributed by atoms with Crippen LogP contribution in [0.5, 0.6) is 5.75 Å². The second-order valence-electron chi connectivity index (χ2n) is 8.35. The number of nitriles is 1. The van der Waals surface area contributed by atoms with Crippen LogP contribution < -0.4 is 10.1 Å². The number of amides is 1. The summed E-state index contributed by atoms with van der Waals surface area (Å²) >= 11 is 7.42. The molecule has 1 unspecified atom stereocenters. The number of rotatable bonds is 7. The van der Waals surface area contributed by atoms with Gasteiger partial charge in [-0.3, -0.25) is 9.36 Å². The van der Waals surface area contributed by atoms with Crippen LogP contribution in [0.4, 0.5) is 0 Å². The fourth-order valence-corrected chi connectivity index (χ4v) is 5.08. The summed E-state index contributed by atoms with van der Waals surface area (Å²) in [5, 5.41) is 22.3. The first-order chi connectivity index (χ1) is 16.4. The number of aromatic nitrogens is 3. The predicted octanol–water partition coefficient (Wildman–Crippen LogP) is 5.42. The number of halogens is 1. The summed E-state index contributed by atoms with van der Waals surface area (Å²) in [6.45, 7) is 1.82. The fourth-order valence-electron chi connectivity index (χ4n) is 4.09. The summed E-state index contributed by atoms with van der Waals surface area (Å²) in [6, 6.07) is 17.3. The number of thioether (sulfide) groups is 1. The SMILES string of the molecule is COc1cccc(-c2nnc(SC(C)C(=O)NC3(C#N)CCCCC3)n2-c2ccc(Cl)cc2)c1. The van der Waals surface area contributed by atoms with Crippen LogP contribution in [0.1, 0.15) is 39.0 Å². The first-order valence-electron chi connectivity index (χ1n) is 11.2. The number of hydrogen-bond acceptors (Lipinski definition) is 6. The van der Waals surface area contributed by atoms with E-state index in [4.69, 9.17) is 16.3 Å². The zero-order valence-corrected chi connectivity index (χ0v) is 20.7. The molecule has 9 heteroatoms. The smallest absolute Gasteiger partial charge is 0.234 e. The Labute approximate surface area is 208 Å². The van der Waals surface area contributed by atoms with E-state index in [1.165, 1.54) is 11.8 Å². The molecule has 1 atom stereocenters. The molecule has 0 saturated heterocycles. The maximum atomic E-state index is 13.1. The Hall–Kier alpha value is -3.02. The summed E-state index contributed by atoms with van der Waals surface area (Å²) in [4.78, 5) is 13.1. The van der Waals surface area contributed by atoms with Gasteiger partial charge in [-0.05, 0) is 56.2 Å². The highest BCUT2D eigenvalue weighted by atomic mass is 35.5. The Morgan fingerprint density at radius 2 is 1.94 bits per heavy atom. The number of methoxy groups -OCH3 is 1. The van der Waals surface area contributed by atoms with Crippen molar-refractivity contribution in [1.82, 2.24) is 20.1 Å². The molecule has 1 amide bonds. The quantitative estimate of drug-likeness (QED) is 0.440. The molecule has 7 nitrogen and oxygen atoms in total. The van der Waals surface area contributed by atoms with Gasteiger partial charge in [0.2, 0.25) is 5.91 Å². The van der Waals surface area contributed by atoms with Gasteiger partial charge in [0.05, 0.1) is 18.4 Å². The Kier molecular flexibility index (Phi) is 7.44. The second-order valence-corrected chi connectivity index (χ2v) is 10.1. The molecule has 3 aromatic rings. The first kappa shape index (κ1) is 24.1. The van der Waals surface area contributed by atoms with Crippen LogP contribution >= 0.6 is 23.4 Å². The van der Waals surface area contributed by atoms with Gasteiger partial charge in [0, 0.05) is 16.3 Å². The van der Waals surface area contributed by atoms with Crippen LogP contribution in [-0.4, -0.2) is 38.6 Å². The van der Waals surface area contributed by atoms with Gasteiger partial charge >= 0.3 is 0 Å². The summed E-state index contributed by atoms with van der Waals surface area (Å²) in [5.74, 6) is 1.15. The van der Waals surface area contributed by atoms with E-state index < -0.39 is 10.8 Å². The molecule has 1 aliphatic carbocycles. The van der Waals surface area contributed by atoms with Crippen molar-refractivity contribution in [1.29, 1.82) is 5.26 Å². The largest absolute Gasteiger partial charge is 0.497 e. The van der Waals surface area contributed by atoms with E-state index in [0.29, 0.717) is 34.6 Å². The van der Waals surface area contributed by atoms with Gasteiger partial charge in [-0.15, -0.1) is 10.2 Å². The Balaban J connectivity index is 1.65. The minimum absolute atomic E-state index is 0.179. The van der Waals surface area contributed by atoms with E-state index in [1.54, 1.807) is 19.2 Å². The summed E-state index contributed by atoms with van der Waals surface area (Å²) in [6.07, 6.45) is 4.37. The molecule has 0 spiro atoms. The molecular weight excluding hydrogens is 470 g/mol.